The lowest BCUT2D eigenvalue weighted by Gasteiger charge is -2.23. The minimum atomic E-state index is -0.576. The number of aliphatic hydroxyl groups excluding tert-OH is 3. The monoisotopic (exact) mass is 580 g/mol. The number of carbonyl (C=O) groups is 1. The summed E-state index contributed by atoms with van der Waals surface area (Å²) in [5.74, 6) is -0.160. The highest BCUT2D eigenvalue weighted by molar-refractivity contribution is 5.90. The van der Waals surface area contributed by atoms with Crippen LogP contribution in [0.5, 0.6) is 0 Å². The first-order valence-corrected chi connectivity index (χ1v) is 17.5. The summed E-state index contributed by atoms with van der Waals surface area (Å²) < 4.78 is 11.2. The second-order valence-electron chi connectivity index (χ2n) is 12.9. The van der Waals surface area contributed by atoms with Crippen LogP contribution in [-0.2, 0) is 14.3 Å². The summed E-state index contributed by atoms with van der Waals surface area (Å²) in [6, 6.07) is 0. The summed E-state index contributed by atoms with van der Waals surface area (Å²) in [5.41, 5.74) is 0.818. The van der Waals surface area contributed by atoms with Crippen LogP contribution in [0.25, 0.3) is 0 Å². The Morgan fingerprint density at radius 3 is 1.71 bits per heavy atom. The van der Waals surface area contributed by atoms with E-state index in [1.165, 1.54) is 70.6 Å². The van der Waals surface area contributed by atoms with Crippen molar-refractivity contribution in [1.82, 2.24) is 0 Å². The first-order chi connectivity index (χ1) is 19.9. The van der Waals surface area contributed by atoms with Crippen LogP contribution in [0.3, 0.4) is 0 Å². The van der Waals surface area contributed by atoms with Crippen molar-refractivity contribution in [3.05, 3.63) is 11.6 Å². The Bertz CT molecular complexity index is 694. The molecular formula is C35H64O6. The number of hydrogen-bond donors (Lipinski definition) is 3. The maximum Gasteiger partial charge on any atom is 0.334 e. The average Bonchev–Trinajstić information content (AvgIpc) is 3.58. The standard InChI is InChI=1S/C35H64O6/c1-3-4-5-6-7-8-9-10-11-12-16-19-22-31(37)33-25-26-34(41-33)32(38)24-23-30(36)21-18-15-13-14-17-20-29-27-28(2)40-35(29)39/h27-28,30-34,36-38H,3-26H2,1-2H3/t28-,30+,31+,32+,33-,34+/m0/s1. The Hall–Kier alpha value is -0.950. The van der Waals surface area contributed by atoms with Gasteiger partial charge in [-0.3, -0.25) is 0 Å². The van der Waals surface area contributed by atoms with Crippen molar-refractivity contribution in [2.45, 2.75) is 205 Å². The van der Waals surface area contributed by atoms with E-state index in [4.69, 9.17) is 9.47 Å². The summed E-state index contributed by atoms with van der Waals surface area (Å²) in [4.78, 5) is 11.6. The molecule has 1 saturated heterocycles. The predicted molar refractivity (Wildman–Crippen MR) is 167 cm³/mol. The van der Waals surface area contributed by atoms with Gasteiger partial charge in [-0.1, -0.05) is 110 Å². The van der Waals surface area contributed by atoms with Gasteiger partial charge in [-0.15, -0.1) is 0 Å². The number of hydrogen-bond acceptors (Lipinski definition) is 6. The molecule has 2 aliphatic rings. The second kappa shape index (κ2) is 22.6. The van der Waals surface area contributed by atoms with Gasteiger partial charge in [0.25, 0.3) is 0 Å². The molecule has 0 spiro atoms. The van der Waals surface area contributed by atoms with Crippen LogP contribution in [0.1, 0.15) is 168 Å². The average molecular weight is 581 g/mol. The van der Waals surface area contributed by atoms with Crippen LogP contribution in [0.15, 0.2) is 11.6 Å². The van der Waals surface area contributed by atoms with Gasteiger partial charge in [-0.05, 0) is 64.4 Å². The van der Waals surface area contributed by atoms with Crippen LogP contribution in [0, 0.1) is 0 Å². The molecule has 0 aromatic heterocycles. The Labute approximate surface area is 251 Å². The van der Waals surface area contributed by atoms with E-state index in [0.717, 1.165) is 76.2 Å². The van der Waals surface area contributed by atoms with Crippen LogP contribution in [-0.4, -0.2) is 57.9 Å². The minimum Gasteiger partial charge on any atom is -0.455 e. The third-order valence-electron chi connectivity index (χ3n) is 9.07. The number of ether oxygens (including phenoxy) is 2. The van der Waals surface area contributed by atoms with Crippen LogP contribution >= 0.6 is 0 Å². The van der Waals surface area contributed by atoms with E-state index >= 15 is 0 Å². The molecule has 2 aliphatic heterocycles. The normalized spacial score (nSPS) is 23.0. The highest BCUT2D eigenvalue weighted by Crippen LogP contribution is 2.28. The molecule has 0 radical (unpaired) electrons. The van der Waals surface area contributed by atoms with Gasteiger partial charge in [-0.2, -0.15) is 0 Å². The summed E-state index contributed by atoms with van der Waals surface area (Å²) in [6.07, 6.45) is 26.1. The van der Waals surface area contributed by atoms with Crippen LogP contribution in [0.2, 0.25) is 0 Å². The lowest BCUT2D eigenvalue weighted by molar-refractivity contribution is -0.139. The predicted octanol–water partition coefficient (Wildman–Crippen LogP) is 8.09. The van der Waals surface area contributed by atoms with Crippen LogP contribution in [0.4, 0.5) is 0 Å². The second-order valence-corrected chi connectivity index (χ2v) is 12.9. The smallest absolute Gasteiger partial charge is 0.334 e. The Kier molecular flexibility index (Phi) is 20.0. The van der Waals surface area contributed by atoms with E-state index in [1.807, 2.05) is 13.0 Å². The van der Waals surface area contributed by atoms with Gasteiger partial charge >= 0.3 is 5.97 Å². The summed E-state index contributed by atoms with van der Waals surface area (Å²) in [5, 5.41) is 31.6. The highest BCUT2D eigenvalue weighted by atomic mass is 16.5. The zero-order valence-corrected chi connectivity index (χ0v) is 26.6. The maximum absolute atomic E-state index is 11.6. The quantitative estimate of drug-likeness (QED) is 0.0707. The van der Waals surface area contributed by atoms with Crippen molar-refractivity contribution in [2.75, 3.05) is 0 Å². The molecule has 0 aliphatic carbocycles. The molecule has 41 heavy (non-hydrogen) atoms. The molecule has 1 fully saturated rings. The van der Waals surface area contributed by atoms with E-state index in [2.05, 4.69) is 6.92 Å². The maximum atomic E-state index is 11.6. The molecule has 3 N–H and O–H groups in total. The zero-order valence-electron chi connectivity index (χ0n) is 26.6. The Morgan fingerprint density at radius 1 is 0.683 bits per heavy atom. The molecule has 2 rings (SSSR count). The lowest BCUT2D eigenvalue weighted by atomic mass is 9.99. The van der Waals surface area contributed by atoms with E-state index in [1.54, 1.807) is 0 Å². The van der Waals surface area contributed by atoms with E-state index < -0.39 is 18.3 Å². The van der Waals surface area contributed by atoms with Crippen molar-refractivity contribution < 1.29 is 29.6 Å². The van der Waals surface area contributed by atoms with Gasteiger partial charge in [0.2, 0.25) is 0 Å². The topological polar surface area (TPSA) is 96.2 Å². The molecule has 0 amide bonds. The van der Waals surface area contributed by atoms with Crippen molar-refractivity contribution in [2.24, 2.45) is 0 Å². The van der Waals surface area contributed by atoms with Crippen LogP contribution < -0.4 is 0 Å². The largest absolute Gasteiger partial charge is 0.455 e. The van der Waals surface area contributed by atoms with E-state index in [0.29, 0.717) is 12.8 Å². The zero-order chi connectivity index (χ0) is 29.7. The summed E-state index contributed by atoms with van der Waals surface area (Å²) in [7, 11) is 0. The number of aliphatic hydroxyl groups is 3. The van der Waals surface area contributed by atoms with Gasteiger partial charge < -0.3 is 24.8 Å². The fraction of sp³-hybridized carbons (Fsp3) is 0.914. The lowest BCUT2D eigenvalue weighted by Crippen LogP contribution is -2.31. The molecule has 240 valence electrons. The van der Waals surface area contributed by atoms with Gasteiger partial charge in [0.05, 0.1) is 30.5 Å². The molecule has 6 heteroatoms. The SMILES string of the molecule is CCCCCCCCCCCCCC[C@@H](O)[C@@H]1CC[C@H]([C@H](O)CC[C@H](O)CCCCCCCC2=C[C@H](C)OC2=O)O1. The number of carbonyl (C=O) groups excluding carboxylic acids is 1. The van der Waals surface area contributed by atoms with Gasteiger partial charge in [-0.25, -0.2) is 4.79 Å². The van der Waals surface area contributed by atoms with Gasteiger partial charge in [0, 0.05) is 5.57 Å². The number of rotatable bonds is 26. The van der Waals surface area contributed by atoms with Gasteiger partial charge in [0.1, 0.15) is 6.10 Å². The molecule has 0 aromatic carbocycles. The molecule has 0 saturated carbocycles. The minimum absolute atomic E-state index is 0.0836. The molecule has 0 unspecified atom stereocenters. The van der Waals surface area contributed by atoms with Gasteiger partial charge in [0.15, 0.2) is 0 Å². The van der Waals surface area contributed by atoms with Crippen molar-refractivity contribution in [3.8, 4) is 0 Å². The third kappa shape index (κ3) is 16.5. The number of esters is 1. The first kappa shape index (κ1) is 36.2. The highest BCUT2D eigenvalue weighted by Gasteiger charge is 2.34. The first-order valence-electron chi connectivity index (χ1n) is 17.5. The molecule has 6 nitrogen and oxygen atoms in total. The summed E-state index contributed by atoms with van der Waals surface area (Å²) >= 11 is 0. The number of unbranched alkanes of at least 4 members (excludes halogenated alkanes) is 15. The van der Waals surface area contributed by atoms with Crippen molar-refractivity contribution in [1.29, 1.82) is 0 Å². The summed E-state index contributed by atoms with van der Waals surface area (Å²) in [6.45, 7) is 4.15. The molecule has 0 bridgehead atoms. The third-order valence-corrected chi connectivity index (χ3v) is 9.07. The molecule has 6 atom stereocenters. The molecule has 0 aromatic rings. The fourth-order valence-corrected chi connectivity index (χ4v) is 6.37. The molecular weight excluding hydrogens is 516 g/mol. The van der Waals surface area contributed by atoms with Crippen molar-refractivity contribution >= 4 is 5.97 Å². The van der Waals surface area contributed by atoms with E-state index in [9.17, 15) is 20.1 Å². The fourth-order valence-electron chi connectivity index (χ4n) is 6.37. The van der Waals surface area contributed by atoms with E-state index in [-0.39, 0.29) is 24.3 Å². The molecule has 2 heterocycles. The Balaban J connectivity index is 1.40. The Morgan fingerprint density at radius 2 is 1.17 bits per heavy atom. The van der Waals surface area contributed by atoms with Crippen molar-refractivity contribution in [3.63, 3.8) is 0 Å². The number of cyclic esters (lactones) is 1.